The summed E-state index contributed by atoms with van der Waals surface area (Å²) < 4.78 is 0. The number of rotatable bonds is 2. The Labute approximate surface area is 128 Å². The minimum atomic E-state index is 0.621. The second kappa shape index (κ2) is 5.11. The van der Waals surface area contributed by atoms with E-state index >= 15 is 0 Å². The monoisotopic (exact) mass is 289 g/mol. The van der Waals surface area contributed by atoms with Crippen LogP contribution in [0.1, 0.15) is 11.1 Å². The third kappa shape index (κ3) is 2.07. The summed E-state index contributed by atoms with van der Waals surface area (Å²) in [6, 6.07) is 10.3. The summed E-state index contributed by atoms with van der Waals surface area (Å²) >= 11 is 0. The molecule has 4 rings (SSSR count). The van der Waals surface area contributed by atoms with Crippen molar-refractivity contribution in [3.8, 4) is 0 Å². The second-order valence-corrected chi connectivity index (χ2v) is 5.12. The predicted molar refractivity (Wildman–Crippen MR) is 88.9 cm³/mol. The van der Waals surface area contributed by atoms with Crippen LogP contribution in [0, 0.1) is 0 Å². The Kier molecular flexibility index (Phi) is 2.96. The molecule has 2 N–H and O–H groups in total. The van der Waals surface area contributed by atoms with E-state index in [1.54, 1.807) is 0 Å². The van der Waals surface area contributed by atoms with Gasteiger partial charge >= 0.3 is 0 Å². The highest BCUT2D eigenvalue weighted by Crippen LogP contribution is 2.32. The van der Waals surface area contributed by atoms with Gasteiger partial charge in [0.1, 0.15) is 5.82 Å². The minimum Gasteiger partial charge on any atom is -0.366 e. The van der Waals surface area contributed by atoms with Crippen LogP contribution in [0.3, 0.4) is 0 Å². The number of benzene rings is 1. The largest absolute Gasteiger partial charge is 0.366 e. The number of anilines is 2. The van der Waals surface area contributed by atoms with Gasteiger partial charge in [-0.25, -0.2) is 4.98 Å². The molecule has 1 aliphatic rings. The summed E-state index contributed by atoms with van der Waals surface area (Å²) in [5.41, 5.74) is 4.34. The Bertz CT molecular complexity index is 885. The third-order valence-corrected chi connectivity index (χ3v) is 3.79. The standard InChI is InChI=1S/C17H15N5/c1-18-17-21-10-14-13(6-8-20-16(14)22-17)11-4-5-15-12(9-11)3-2-7-19-15/h2-7,9-10H,8H2,1H3,(H2,18,20,21,22). The number of aromatic nitrogens is 3. The van der Waals surface area contributed by atoms with Crippen LogP contribution in [0.25, 0.3) is 16.5 Å². The van der Waals surface area contributed by atoms with Gasteiger partial charge in [0, 0.05) is 36.9 Å². The van der Waals surface area contributed by atoms with Crippen LogP contribution in [0.4, 0.5) is 11.8 Å². The van der Waals surface area contributed by atoms with Crippen molar-refractivity contribution in [2.24, 2.45) is 0 Å². The predicted octanol–water partition coefficient (Wildman–Crippen LogP) is 2.92. The summed E-state index contributed by atoms with van der Waals surface area (Å²) in [5, 5.41) is 7.39. The Morgan fingerprint density at radius 2 is 2.14 bits per heavy atom. The van der Waals surface area contributed by atoms with Crippen molar-refractivity contribution >= 4 is 28.2 Å². The smallest absolute Gasteiger partial charge is 0.224 e. The zero-order chi connectivity index (χ0) is 14.9. The molecule has 0 bridgehead atoms. The van der Waals surface area contributed by atoms with Crippen LogP contribution in [0.5, 0.6) is 0 Å². The molecule has 5 heteroatoms. The van der Waals surface area contributed by atoms with Crippen LogP contribution >= 0.6 is 0 Å². The van der Waals surface area contributed by atoms with Gasteiger partial charge in [-0.05, 0) is 29.3 Å². The molecule has 0 saturated heterocycles. The lowest BCUT2D eigenvalue weighted by molar-refractivity contribution is 1.10. The highest BCUT2D eigenvalue weighted by molar-refractivity contribution is 5.91. The van der Waals surface area contributed by atoms with E-state index in [1.807, 2.05) is 25.5 Å². The number of hydrogen-bond donors (Lipinski definition) is 2. The van der Waals surface area contributed by atoms with E-state index in [0.29, 0.717) is 5.95 Å². The topological polar surface area (TPSA) is 62.7 Å². The normalized spacial score (nSPS) is 13.2. The summed E-state index contributed by atoms with van der Waals surface area (Å²) in [7, 11) is 1.82. The first kappa shape index (κ1) is 12.8. The quantitative estimate of drug-likeness (QED) is 0.759. The molecule has 0 unspecified atom stereocenters. The molecule has 0 fully saturated rings. The third-order valence-electron chi connectivity index (χ3n) is 3.79. The molecule has 0 aliphatic carbocycles. The van der Waals surface area contributed by atoms with Crippen molar-refractivity contribution in [1.82, 2.24) is 15.0 Å². The lowest BCUT2D eigenvalue weighted by Crippen LogP contribution is -2.12. The van der Waals surface area contributed by atoms with E-state index in [4.69, 9.17) is 0 Å². The fraction of sp³-hybridized carbons (Fsp3) is 0.118. The van der Waals surface area contributed by atoms with E-state index in [1.165, 1.54) is 0 Å². The average molecular weight is 289 g/mol. The van der Waals surface area contributed by atoms with Crippen molar-refractivity contribution in [1.29, 1.82) is 0 Å². The second-order valence-electron chi connectivity index (χ2n) is 5.12. The highest BCUT2D eigenvalue weighted by Gasteiger charge is 2.16. The van der Waals surface area contributed by atoms with Crippen LogP contribution in [-0.4, -0.2) is 28.5 Å². The molecule has 0 amide bonds. The van der Waals surface area contributed by atoms with Gasteiger partial charge < -0.3 is 10.6 Å². The van der Waals surface area contributed by atoms with E-state index in [9.17, 15) is 0 Å². The summed E-state index contributed by atoms with van der Waals surface area (Å²) in [5.74, 6) is 1.48. The molecule has 1 aliphatic heterocycles. The van der Waals surface area contributed by atoms with E-state index in [2.05, 4.69) is 55.9 Å². The Morgan fingerprint density at radius 3 is 3.05 bits per heavy atom. The Hall–Kier alpha value is -2.95. The number of fused-ring (bicyclic) bond motifs is 2. The van der Waals surface area contributed by atoms with Gasteiger partial charge in [-0.3, -0.25) is 4.98 Å². The van der Waals surface area contributed by atoms with Crippen LogP contribution in [0.15, 0.2) is 48.8 Å². The maximum Gasteiger partial charge on any atom is 0.224 e. The first-order chi connectivity index (χ1) is 10.8. The maximum atomic E-state index is 4.48. The van der Waals surface area contributed by atoms with Crippen LogP contribution in [0.2, 0.25) is 0 Å². The molecule has 1 aromatic carbocycles. The first-order valence-electron chi connectivity index (χ1n) is 7.19. The molecular formula is C17H15N5. The van der Waals surface area contributed by atoms with Crippen molar-refractivity contribution < 1.29 is 0 Å². The minimum absolute atomic E-state index is 0.621. The molecule has 5 nitrogen and oxygen atoms in total. The molecule has 0 spiro atoms. The van der Waals surface area contributed by atoms with Crippen molar-refractivity contribution in [2.75, 3.05) is 24.2 Å². The first-order valence-corrected chi connectivity index (χ1v) is 7.19. The van der Waals surface area contributed by atoms with E-state index < -0.39 is 0 Å². The Morgan fingerprint density at radius 1 is 1.18 bits per heavy atom. The van der Waals surface area contributed by atoms with Gasteiger partial charge in [-0.15, -0.1) is 0 Å². The van der Waals surface area contributed by atoms with Gasteiger partial charge in [0.05, 0.1) is 5.52 Å². The summed E-state index contributed by atoms with van der Waals surface area (Å²) in [6.45, 7) is 0.758. The number of nitrogens with one attached hydrogen (secondary N) is 2. The van der Waals surface area contributed by atoms with E-state index in [-0.39, 0.29) is 0 Å². The van der Waals surface area contributed by atoms with Gasteiger partial charge in [0.2, 0.25) is 5.95 Å². The van der Waals surface area contributed by atoms with Gasteiger partial charge in [0.15, 0.2) is 0 Å². The molecule has 3 aromatic rings. The van der Waals surface area contributed by atoms with Crippen molar-refractivity contribution in [2.45, 2.75) is 0 Å². The molecule has 108 valence electrons. The lowest BCUT2D eigenvalue weighted by atomic mass is 9.96. The molecule has 2 aromatic heterocycles. The van der Waals surface area contributed by atoms with Crippen molar-refractivity contribution in [3.63, 3.8) is 0 Å². The van der Waals surface area contributed by atoms with Crippen LogP contribution in [-0.2, 0) is 0 Å². The zero-order valence-corrected chi connectivity index (χ0v) is 12.2. The lowest BCUT2D eigenvalue weighted by Gasteiger charge is -2.19. The average Bonchev–Trinajstić information content (AvgIpc) is 2.60. The summed E-state index contributed by atoms with van der Waals surface area (Å²) in [6.07, 6.45) is 5.84. The van der Waals surface area contributed by atoms with Crippen molar-refractivity contribution in [3.05, 3.63) is 59.9 Å². The summed E-state index contributed by atoms with van der Waals surface area (Å²) in [4.78, 5) is 13.2. The van der Waals surface area contributed by atoms with Gasteiger partial charge in [0.25, 0.3) is 0 Å². The highest BCUT2D eigenvalue weighted by atomic mass is 15.1. The van der Waals surface area contributed by atoms with Gasteiger partial charge in [-0.1, -0.05) is 18.2 Å². The number of hydrogen-bond acceptors (Lipinski definition) is 5. The SMILES string of the molecule is CNc1ncc2c(n1)NCC=C2c1ccc2ncccc2c1. The van der Waals surface area contributed by atoms with E-state index in [0.717, 1.165) is 40.0 Å². The molecule has 3 heterocycles. The van der Waals surface area contributed by atoms with Gasteiger partial charge in [-0.2, -0.15) is 4.98 Å². The molecule has 0 radical (unpaired) electrons. The molecule has 22 heavy (non-hydrogen) atoms. The fourth-order valence-corrected chi connectivity index (χ4v) is 2.71. The van der Waals surface area contributed by atoms with Crippen LogP contribution < -0.4 is 10.6 Å². The molecular weight excluding hydrogens is 274 g/mol. The Balaban J connectivity index is 1.83. The maximum absolute atomic E-state index is 4.48. The molecule has 0 atom stereocenters. The number of nitrogens with zero attached hydrogens (tertiary/aromatic N) is 3. The molecule has 0 saturated carbocycles. The fourth-order valence-electron chi connectivity index (χ4n) is 2.71. The zero-order valence-electron chi connectivity index (χ0n) is 12.2. The number of pyridine rings is 1.